The van der Waals surface area contributed by atoms with E-state index < -0.39 is 0 Å². The molecular formula is C15H18O2. The van der Waals surface area contributed by atoms with E-state index in [2.05, 4.69) is 13.0 Å². The van der Waals surface area contributed by atoms with Crippen LogP contribution in [0.1, 0.15) is 47.7 Å². The minimum absolute atomic E-state index is 0.246. The van der Waals surface area contributed by atoms with E-state index in [-0.39, 0.29) is 5.92 Å². The highest BCUT2D eigenvalue weighted by Crippen LogP contribution is 2.34. The lowest BCUT2D eigenvalue weighted by molar-refractivity contribution is 0.0897. The van der Waals surface area contributed by atoms with E-state index in [1.807, 2.05) is 12.1 Å². The Labute approximate surface area is 102 Å². The Morgan fingerprint density at radius 1 is 1.24 bits per heavy atom. The van der Waals surface area contributed by atoms with Gasteiger partial charge >= 0.3 is 0 Å². The van der Waals surface area contributed by atoms with Crippen molar-refractivity contribution in [1.82, 2.24) is 0 Å². The van der Waals surface area contributed by atoms with Gasteiger partial charge in [0.1, 0.15) is 0 Å². The first-order chi connectivity index (χ1) is 8.25. The van der Waals surface area contributed by atoms with Gasteiger partial charge in [-0.25, -0.2) is 0 Å². The Morgan fingerprint density at radius 3 is 2.82 bits per heavy atom. The van der Waals surface area contributed by atoms with Crippen molar-refractivity contribution in [3.63, 3.8) is 0 Å². The van der Waals surface area contributed by atoms with Gasteiger partial charge in [-0.3, -0.25) is 4.79 Å². The third kappa shape index (κ3) is 1.91. The maximum absolute atomic E-state index is 12.4. The topological polar surface area (TPSA) is 26.3 Å². The van der Waals surface area contributed by atoms with Crippen LogP contribution in [-0.2, 0) is 18.0 Å². The summed E-state index contributed by atoms with van der Waals surface area (Å²) in [6.45, 7) is 3.56. The van der Waals surface area contributed by atoms with Crippen molar-refractivity contribution in [2.75, 3.05) is 0 Å². The van der Waals surface area contributed by atoms with E-state index in [0.717, 1.165) is 12.0 Å². The number of carbonyl (C=O) groups excluding carboxylic acids is 1. The van der Waals surface area contributed by atoms with E-state index in [0.29, 0.717) is 24.9 Å². The van der Waals surface area contributed by atoms with Gasteiger partial charge in [0.2, 0.25) is 0 Å². The van der Waals surface area contributed by atoms with Crippen molar-refractivity contribution < 1.29 is 9.53 Å². The molecular weight excluding hydrogens is 212 g/mol. The molecule has 2 aliphatic rings. The zero-order valence-electron chi connectivity index (χ0n) is 10.2. The molecule has 0 spiro atoms. The lowest BCUT2D eigenvalue weighted by atomic mass is 9.88. The normalized spacial score (nSPS) is 27.1. The van der Waals surface area contributed by atoms with Crippen molar-refractivity contribution in [2.24, 2.45) is 11.8 Å². The largest absolute Gasteiger partial charge is 0.372 e. The van der Waals surface area contributed by atoms with Crippen LogP contribution in [0.2, 0.25) is 0 Å². The van der Waals surface area contributed by atoms with Crippen molar-refractivity contribution in [3.05, 3.63) is 34.9 Å². The highest BCUT2D eigenvalue weighted by molar-refractivity contribution is 5.98. The Kier molecular flexibility index (Phi) is 2.75. The molecule has 2 atom stereocenters. The van der Waals surface area contributed by atoms with Gasteiger partial charge in [-0.05, 0) is 36.0 Å². The number of benzene rings is 1. The molecule has 1 aliphatic heterocycles. The molecule has 17 heavy (non-hydrogen) atoms. The van der Waals surface area contributed by atoms with Crippen LogP contribution in [-0.4, -0.2) is 5.78 Å². The maximum Gasteiger partial charge on any atom is 0.166 e. The molecule has 1 aliphatic carbocycles. The van der Waals surface area contributed by atoms with Crippen LogP contribution < -0.4 is 0 Å². The smallest absolute Gasteiger partial charge is 0.166 e. The average Bonchev–Trinajstić information content (AvgIpc) is 2.95. The SMILES string of the molecule is CC1CCCC1C(=O)c1ccc2c(c1)COC2. The first-order valence-electron chi connectivity index (χ1n) is 6.49. The molecule has 1 heterocycles. The lowest BCUT2D eigenvalue weighted by Crippen LogP contribution is -2.17. The fraction of sp³-hybridized carbons (Fsp3) is 0.533. The highest BCUT2D eigenvalue weighted by atomic mass is 16.5. The number of ketones is 1. The monoisotopic (exact) mass is 230 g/mol. The van der Waals surface area contributed by atoms with Gasteiger partial charge in [0, 0.05) is 11.5 Å². The van der Waals surface area contributed by atoms with Gasteiger partial charge in [-0.2, -0.15) is 0 Å². The molecule has 1 aromatic carbocycles. The standard InChI is InChI=1S/C15H18O2/c1-10-3-2-4-14(10)15(16)11-5-6-12-8-17-9-13(12)7-11/h5-7,10,14H,2-4,8-9H2,1H3. The summed E-state index contributed by atoms with van der Waals surface area (Å²) in [7, 11) is 0. The molecule has 1 saturated carbocycles. The summed E-state index contributed by atoms with van der Waals surface area (Å²) in [6.07, 6.45) is 3.46. The Morgan fingerprint density at radius 2 is 2.06 bits per heavy atom. The lowest BCUT2D eigenvalue weighted by Gasteiger charge is -2.14. The summed E-state index contributed by atoms with van der Waals surface area (Å²) < 4.78 is 5.38. The molecule has 1 aromatic rings. The van der Waals surface area contributed by atoms with Crippen LogP contribution in [0.4, 0.5) is 0 Å². The first-order valence-corrected chi connectivity index (χ1v) is 6.49. The molecule has 0 bridgehead atoms. The molecule has 0 aromatic heterocycles. The second-order valence-electron chi connectivity index (χ2n) is 5.36. The van der Waals surface area contributed by atoms with Crippen molar-refractivity contribution in [1.29, 1.82) is 0 Å². The highest BCUT2D eigenvalue weighted by Gasteiger charge is 2.30. The molecule has 0 N–H and O–H groups in total. The zero-order chi connectivity index (χ0) is 11.8. The summed E-state index contributed by atoms with van der Waals surface area (Å²) in [4.78, 5) is 12.4. The second kappa shape index (κ2) is 4.26. The van der Waals surface area contributed by atoms with E-state index in [1.165, 1.54) is 24.0 Å². The van der Waals surface area contributed by atoms with Crippen LogP contribution in [0.15, 0.2) is 18.2 Å². The van der Waals surface area contributed by atoms with Gasteiger partial charge in [0.05, 0.1) is 13.2 Å². The van der Waals surface area contributed by atoms with Gasteiger partial charge in [-0.1, -0.05) is 25.5 Å². The summed E-state index contributed by atoms with van der Waals surface area (Å²) in [6, 6.07) is 6.06. The van der Waals surface area contributed by atoms with Crippen molar-refractivity contribution in [2.45, 2.75) is 39.4 Å². The number of hydrogen-bond acceptors (Lipinski definition) is 2. The van der Waals surface area contributed by atoms with Crippen molar-refractivity contribution >= 4 is 5.78 Å². The quantitative estimate of drug-likeness (QED) is 0.728. The fourth-order valence-corrected chi connectivity index (χ4v) is 3.07. The summed E-state index contributed by atoms with van der Waals surface area (Å²) in [5, 5.41) is 0. The molecule has 0 saturated heterocycles. The number of carbonyl (C=O) groups is 1. The fourth-order valence-electron chi connectivity index (χ4n) is 3.07. The molecule has 0 radical (unpaired) electrons. The molecule has 0 amide bonds. The average molecular weight is 230 g/mol. The minimum atomic E-state index is 0.246. The van der Waals surface area contributed by atoms with Crippen LogP contribution in [0, 0.1) is 11.8 Å². The number of hydrogen-bond donors (Lipinski definition) is 0. The summed E-state index contributed by atoms with van der Waals surface area (Å²) in [5.74, 6) is 1.13. The Bertz CT molecular complexity index is 450. The minimum Gasteiger partial charge on any atom is -0.372 e. The first kappa shape index (κ1) is 11.0. The third-order valence-corrected chi connectivity index (χ3v) is 4.20. The summed E-state index contributed by atoms with van der Waals surface area (Å²) in [5.41, 5.74) is 3.32. The van der Waals surface area contributed by atoms with Gasteiger partial charge in [0.25, 0.3) is 0 Å². The van der Waals surface area contributed by atoms with E-state index in [1.54, 1.807) is 0 Å². The number of Topliss-reactive ketones (excluding diaryl/α,β-unsaturated/α-hetero) is 1. The predicted molar refractivity (Wildman–Crippen MR) is 65.8 cm³/mol. The van der Waals surface area contributed by atoms with E-state index in [4.69, 9.17) is 4.74 Å². The maximum atomic E-state index is 12.4. The molecule has 90 valence electrons. The van der Waals surface area contributed by atoms with E-state index >= 15 is 0 Å². The number of rotatable bonds is 2. The molecule has 2 heteroatoms. The zero-order valence-corrected chi connectivity index (χ0v) is 10.2. The Balaban J connectivity index is 1.86. The molecule has 2 unspecified atom stereocenters. The Hall–Kier alpha value is -1.15. The number of fused-ring (bicyclic) bond motifs is 1. The third-order valence-electron chi connectivity index (χ3n) is 4.20. The second-order valence-corrected chi connectivity index (χ2v) is 5.36. The van der Waals surface area contributed by atoms with Crippen LogP contribution >= 0.6 is 0 Å². The van der Waals surface area contributed by atoms with Crippen LogP contribution in [0.3, 0.4) is 0 Å². The number of ether oxygens (including phenoxy) is 1. The molecule has 2 nitrogen and oxygen atoms in total. The van der Waals surface area contributed by atoms with Crippen LogP contribution in [0.5, 0.6) is 0 Å². The van der Waals surface area contributed by atoms with Crippen molar-refractivity contribution in [3.8, 4) is 0 Å². The van der Waals surface area contributed by atoms with E-state index in [9.17, 15) is 4.79 Å². The van der Waals surface area contributed by atoms with Crippen LogP contribution in [0.25, 0.3) is 0 Å². The van der Waals surface area contributed by atoms with Gasteiger partial charge < -0.3 is 4.74 Å². The molecule has 1 fully saturated rings. The van der Waals surface area contributed by atoms with Gasteiger partial charge in [-0.15, -0.1) is 0 Å². The summed E-state index contributed by atoms with van der Waals surface area (Å²) >= 11 is 0. The molecule has 3 rings (SSSR count). The predicted octanol–water partition coefficient (Wildman–Crippen LogP) is 3.34. The van der Waals surface area contributed by atoms with Gasteiger partial charge in [0.15, 0.2) is 5.78 Å².